The van der Waals surface area contributed by atoms with Crippen LogP contribution in [0.4, 0.5) is 0 Å². The molecule has 0 spiro atoms. The van der Waals surface area contributed by atoms with Crippen molar-refractivity contribution >= 4 is 11.6 Å². The zero-order valence-electron chi connectivity index (χ0n) is 9.06. The largest absolute Gasteiger partial charge is 0.294 e. The molecule has 2 rings (SSSR count). The van der Waals surface area contributed by atoms with E-state index < -0.39 is 0 Å². The summed E-state index contributed by atoms with van der Waals surface area (Å²) in [6.07, 6.45) is 3.95. The fourth-order valence-electron chi connectivity index (χ4n) is 2.02. The van der Waals surface area contributed by atoms with Crippen LogP contribution in [0.3, 0.4) is 0 Å². The van der Waals surface area contributed by atoms with Crippen LogP contribution in [0, 0.1) is 0 Å². The minimum Gasteiger partial charge on any atom is -0.294 e. The Morgan fingerprint density at radius 3 is 3.20 bits per heavy atom. The van der Waals surface area contributed by atoms with Gasteiger partial charge in [0.1, 0.15) is 12.2 Å². The van der Waals surface area contributed by atoms with Crippen LogP contribution in [-0.2, 0) is 13.1 Å². The fraction of sp³-hybridized carbons (Fsp3) is 0.800. The summed E-state index contributed by atoms with van der Waals surface area (Å²) in [5.41, 5.74) is 0. The molecule has 0 saturated carbocycles. The van der Waals surface area contributed by atoms with E-state index in [1.165, 1.54) is 6.42 Å². The highest BCUT2D eigenvalue weighted by atomic mass is 35.5. The molecule has 0 N–H and O–H groups in total. The number of aryl methyl sites for hydroxylation is 1. The monoisotopic (exact) mass is 228 g/mol. The summed E-state index contributed by atoms with van der Waals surface area (Å²) >= 11 is 6.14. The first kappa shape index (κ1) is 10.9. The lowest BCUT2D eigenvalue weighted by Gasteiger charge is -2.29. The van der Waals surface area contributed by atoms with Gasteiger partial charge in [0.25, 0.3) is 0 Å². The normalized spacial score (nSPS) is 23.2. The van der Waals surface area contributed by atoms with Crippen molar-refractivity contribution in [1.82, 2.24) is 19.7 Å². The van der Waals surface area contributed by atoms with Gasteiger partial charge >= 0.3 is 0 Å². The molecule has 1 aromatic rings. The molecule has 1 atom stereocenters. The molecule has 0 amide bonds. The number of piperidine rings is 1. The van der Waals surface area contributed by atoms with E-state index in [1.807, 2.05) is 4.68 Å². The second-order valence-electron chi connectivity index (χ2n) is 3.97. The Labute approximate surface area is 95.2 Å². The molecule has 2 heterocycles. The molecule has 15 heavy (non-hydrogen) atoms. The maximum Gasteiger partial charge on any atom is 0.140 e. The third kappa shape index (κ3) is 2.69. The van der Waals surface area contributed by atoms with Gasteiger partial charge in [0.2, 0.25) is 0 Å². The van der Waals surface area contributed by atoms with E-state index >= 15 is 0 Å². The molecule has 1 aromatic heterocycles. The van der Waals surface area contributed by atoms with Gasteiger partial charge < -0.3 is 0 Å². The third-order valence-electron chi connectivity index (χ3n) is 2.81. The molecule has 1 aliphatic rings. The van der Waals surface area contributed by atoms with Crippen molar-refractivity contribution in [3.8, 4) is 0 Å². The number of nitrogens with zero attached hydrogens (tertiary/aromatic N) is 4. The number of hydrogen-bond donors (Lipinski definition) is 0. The summed E-state index contributed by atoms with van der Waals surface area (Å²) < 4.78 is 1.94. The smallest absolute Gasteiger partial charge is 0.140 e. The Hall–Kier alpha value is -0.610. The third-order valence-corrected chi connectivity index (χ3v) is 3.16. The summed E-state index contributed by atoms with van der Waals surface area (Å²) in [7, 11) is 0. The minimum atomic E-state index is 0.303. The molecule has 5 heteroatoms. The number of hydrogen-bond acceptors (Lipinski definition) is 3. The standard InChI is InChI=1S/C10H17ClN4/c1-2-15-10(12-8-13-15)7-14-5-3-4-9(11)6-14/h8-9H,2-7H2,1H3. The van der Waals surface area contributed by atoms with E-state index in [1.54, 1.807) is 6.33 Å². The Morgan fingerprint density at radius 2 is 2.47 bits per heavy atom. The predicted octanol–water partition coefficient (Wildman–Crippen LogP) is 1.50. The van der Waals surface area contributed by atoms with Crippen molar-refractivity contribution in [3.05, 3.63) is 12.2 Å². The highest BCUT2D eigenvalue weighted by molar-refractivity contribution is 6.20. The summed E-state index contributed by atoms with van der Waals surface area (Å²) in [5, 5.41) is 4.47. The zero-order valence-corrected chi connectivity index (χ0v) is 9.82. The molecular formula is C10H17ClN4. The Bertz CT molecular complexity index is 312. The van der Waals surface area contributed by atoms with Crippen LogP contribution >= 0.6 is 11.6 Å². The van der Waals surface area contributed by atoms with Gasteiger partial charge in [0.15, 0.2) is 0 Å². The summed E-state index contributed by atoms with van der Waals surface area (Å²) in [4.78, 5) is 6.63. The van der Waals surface area contributed by atoms with Crippen LogP contribution in [-0.4, -0.2) is 38.1 Å². The van der Waals surface area contributed by atoms with Crippen LogP contribution in [0.1, 0.15) is 25.6 Å². The van der Waals surface area contributed by atoms with Crippen LogP contribution in [0.15, 0.2) is 6.33 Å². The van der Waals surface area contributed by atoms with Crippen LogP contribution < -0.4 is 0 Å². The van der Waals surface area contributed by atoms with Gasteiger partial charge in [-0.1, -0.05) is 0 Å². The van der Waals surface area contributed by atoms with Gasteiger partial charge in [-0.2, -0.15) is 5.10 Å². The molecule has 0 aromatic carbocycles. The number of rotatable bonds is 3. The Morgan fingerprint density at radius 1 is 1.60 bits per heavy atom. The molecule has 0 aliphatic carbocycles. The second kappa shape index (κ2) is 4.94. The average molecular weight is 229 g/mol. The fourth-order valence-corrected chi connectivity index (χ4v) is 2.37. The lowest BCUT2D eigenvalue weighted by molar-refractivity contribution is 0.215. The first-order valence-electron chi connectivity index (χ1n) is 5.52. The summed E-state index contributed by atoms with van der Waals surface area (Å²) in [6.45, 7) is 5.93. The van der Waals surface area contributed by atoms with Gasteiger partial charge in [-0.05, 0) is 26.3 Å². The molecule has 1 saturated heterocycles. The maximum absolute atomic E-state index is 6.14. The van der Waals surface area contributed by atoms with E-state index in [0.29, 0.717) is 5.38 Å². The average Bonchev–Trinajstić information content (AvgIpc) is 2.65. The van der Waals surface area contributed by atoms with Gasteiger partial charge in [-0.25, -0.2) is 9.67 Å². The molecule has 0 radical (unpaired) electrons. The van der Waals surface area contributed by atoms with Crippen LogP contribution in [0.5, 0.6) is 0 Å². The highest BCUT2D eigenvalue weighted by Gasteiger charge is 2.19. The number of alkyl halides is 1. The van der Waals surface area contributed by atoms with Crippen molar-refractivity contribution < 1.29 is 0 Å². The molecule has 4 nitrogen and oxygen atoms in total. The van der Waals surface area contributed by atoms with E-state index in [2.05, 4.69) is 21.9 Å². The molecule has 84 valence electrons. The van der Waals surface area contributed by atoms with Crippen LogP contribution in [0.2, 0.25) is 0 Å². The molecule has 1 fully saturated rings. The SMILES string of the molecule is CCn1ncnc1CN1CCCC(Cl)C1. The van der Waals surface area contributed by atoms with Crippen molar-refractivity contribution in [2.45, 2.75) is 38.2 Å². The predicted molar refractivity (Wildman–Crippen MR) is 59.8 cm³/mol. The Kier molecular flexibility index (Phi) is 3.59. The highest BCUT2D eigenvalue weighted by Crippen LogP contribution is 2.16. The van der Waals surface area contributed by atoms with Crippen LogP contribution in [0.25, 0.3) is 0 Å². The molecule has 1 aliphatic heterocycles. The van der Waals surface area contributed by atoms with E-state index in [4.69, 9.17) is 11.6 Å². The van der Waals surface area contributed by atoms with Crippen molar-refractivity contribution in [2.24, 2.45) is 0 Å². The van der Waals surface area contributed by atoms with Gasteiger partial charge in [0, 0.05) is 18.5 Å². The molecular weight excluding hydrogens is 212 g/mol. The first-order valence-corrected chi connectivity index (χ1v) is 5.96. The van der Waals surface area contributed by atoms with Crippen molar-refractivity contribution in [3.63, 3.8) is 0 Å². The molecule has 0 bridgehead atoms. The number of likely N-dealkylation sites (tertiary alicyclic amines) is 1. The Balaban J connectivity index is 1.96. The number of aromatic nitrogens is 3. The quantitative estimate of drug-likeness (QED) is 0.736. The van der Waals surface area contributed by atoms with Gasteiger partial charge in [-0.3, -0.25) is 4.90 Å². The van der Waals surface area contributed by atoms with Gasteiger partial charge in [-0.15, -0.1) is 11.6 Å². The first-order chi connectivity index (χ1) is 7.29. The lowest BCUT2D eigenvalue weighted by atomic mass is 10.1. The molecule has 1 unspecified atom stereocenters. The maximum atomic E-state index is 6.14. The lowest BCUT2D eigenvalue weighted by Crippen LogP contribution is -2.36. The summed E-state index contributed by atoms with van der Waals surface area (Å²) in [5.74, 6) is 1.04. The zero-order chi connectivity index (χ0) is 10.7. The topological polar surface area (TPSA) is 34.0 Å². The summed E-state index contributed by atoms with van der Waals surface area (Å²) in [6, 6.07) is 0. The minimum absolute atomic E-state index is 0.303. The van der Waals surface area contributed by atoms with E-state index in [-0.39, 0.29) is 0 Å². The van der Waals surface area contributed by atoms with Crippen molar-refractivity contribution in [1.29, 1.82) is 0 Å². The van der Waals surface area contributed by atoms with E-state index in [0.717, 1.165) is 38.4 Å². The number of halogens is 1. The van der Waals surface area contributed by atoms with Gasteiger partial charge in [0.05, 0.1) is 6.54 Å². The van der Waals surface area contributed by atoms with Crippen molar-refractivity contribution in [2.75, 3.05) is 13.1 Å². The second-order valence-corrected chi connectivity index (χ2v) is 4.58. The van der Waals surface area contributed by atoms with E-state index in [9.17, 15) is 0 Å².